The molecule has 0 heterocycles. The molecule has 0 fully saturated rings. The van der Waals surface area contributed by atoms with Crippen molar-refractivity contribution in [2.45, 2.75) is 0 Å². The van der Waals surface area contributed by atoms with Gasteiger partial charge in [-0.15, -0.1) is 0 Å². The first kappa shape index (κ1) is 14.1. The molecule has 0 bridgehead atoms. The second-order valence-electron chi connectivity index (χ2n) is 3.36. The minimum absolute atomic E-state index is 0.174. The summed E-state index contributed by atoms with van der Waals surface area (Å²) in [5.41, 5.74) is 0.174. The summed E-state index contributed by atoms with van der Waals surface area (Å²) in [6, 6.07) is 4.40. The summed E-state index contributed by atoms with van der Waals surface area (Å²) in [7, 11) is -1.10. The predicted octanol–water partition coefficient (Wildman–Crippen LogP) is 0.530. The van der Waals surface area contributed by atoms with E-state index in [2.05, 4.69) is 4.72 Å². The van der Waals surface area contributed by atoms with Crippen molar-refractivity contribution in [2.75, 3.05) is 24.7 Å². The third kappa shape index (κ3) is 4.13. The highest BCUT2D eigenvalue weighted by molar-refractivity contribution is 7.93. The van der Waals surface area contributed by atoms with Crippen molar-refractivity contribution >= 4 is 21.7 Å². The Morgan fingerprint density at radius 1 is 1.22 bits per heavy atom. The van der Waals surface area contributed by atoms with Crippen LogP contribution in [0.2, 0.25) is 0 Å². The Kier molecular flexibility index (Phi) is 4.38. The van der Waals surface area contributed by atoms with Gasteiger partial charge in [-0.2, -0.15) is 0 Å². The van der Waals surface area contributed by atoms with Crippen LogP contribution in [0.25, 0.3) is 0 Å². The molecule has 1 aromatic rings. The van der Waals surface area contributed by atoms with Gasteiger partial charge in [0.1, 0.15) is 11.5 Å². The highest BCUT2D eigenvalue weighted by Crippen LogP contribution is 2.26. The molecule has 100 valence electrons. The molecular weight excluding hydrogens is 262 g/mol. The van der Waals surface area contributed by atoms with Crippen LogP contribution in [0, 0.1) is 0 Å². The Bertz CT molecular complexity index is 517. The number of ether oxygens (including phenoxy) is 2. The Morgan fingerprint density at radius 2 is 1.72 bits per heavy atom. The SMILES string of the molecule is COc1cc(NS(=O)(=O)CC(=O)O)cc(OC)c1. The molecule has 18 heavy (non-hydrogen) atoms. The second kappa shape index (κ2) is 5.58. The lowest BCUT2D eigenvalue weighted by Gasteiger charge is -2.10. The minimum atomic E-state index is -3.94. The first-order chi connectivity index (χ1) is 8.36. The van der Waals surface area contributed by atoms with Crippen LogP contribution in [0.1, 0.15) is 0 Å². The molecule has 0 saturated heterocycles. The highest BCUT2D eigenvalue weighted by Gasteiger charge is 2.16. The maximum Gasteiger partial charge on any atom is 0.320 e. The van der Waals surface area contributed by atoms with Crippen molar-refractivity contribution in [1.82, 2.24) is 0 Å². The van der Waals surface area contributed by atoms with Crippen molar-refractivity contribution in [3.63, 3.8) is 0 Å². The molecule has 1 rings (SSSR count). The monoisotopic (exact) mass is 275 g/mol. The summed E-state index contributed by atoms with van der Waals surface area (Å²) in [5.74, 6) is -1.66. The Hall–Kier alpha value is -1.96. The van der Waals surface area contributed by atoms with Gasteiger partial charge in [-0.25, -0.2) is 8.42 Å². The fraction of sp³-hybridized carbons (Fsp3) is 0.300. The van der Waals surface area contributed by atoms with E-state index >= 15 is 0 Å². The molecule has 0 aromatic heterocycles. The normalized spacial score (nSPS) is 10.8. The molecular formula is C10H13NO6S. The van der Waals surface area contributed by atoms with Crippen LogP contribution >= 0.6 is 0 Å². The number of sulfonamides is 1. The van der Waals surface area contributed by atoms with Crippen molar-refractivity contribution in [1.29, 1.82) is 0 Å². The van der Waals surface area contributed by atoms with E-state index in [-0.39, 0.29) is 5.69 Å². The minimum Gasteiger partial charge on any atom is -0.497 e. The molecule has 0 aliphatic carbocycles. The highest BCUT2D eigenvalue weighted by atomic mass is 32.2. The summed E-state index contributed by atoms with van der Waals surface area (Å²) in [5, 5.41) is 8.46. The van der Waals surface area contributed by atoms with Crippen molar-refractivity contribution in [3.05, 3.63) is 18.2 Å². The van der Waals surface area contributed by atoms with Gasteiger partial charge in [0.2, 0.25) is 10.0 Å². The summed E-state index contributed by atoms with van der Waals surface area (Å²) in [6.45, 7) is 0. The maximum atomic E-state index is 11.4. The van der Waals surface area contributed by atoms with E-state index in [1.54, 1.807) is 6.07 Å². The van der Waals surface area contributed by atoms with E-state index < -0.39 is 21.7 Å². The number of hydrogen-bond donors (Lipinski definition) is 2. The van der Waals surface area contributed by atoms with Gasteiger partial charge in [0.25, 0.3) is 0 Å². The van der Waals surface area contributed by atoms with E-state index in [0.717, 1.165) is 0 Å². The largest absolute Gasteiger partial charge is 0.497 e. The van der Waals surface area contributed by atoms with E-state index in [4.69, 9.17) is 14.6 Å². The molecule has 0 aliphatic rings. The second-order valence-corrected chi connectivity index (χ2v) is 5.08. The fourth-order valence-corrected chi connectivity index (χ4v) is 2.12. The van der Waals surface area contributed by atoms with E-state index in [0.29, 0.717) is 11.5 Å². The zero-order chi connectivity index (χ0) is 13.8. The molecule has 1 aromatic carbocycles. The molecule has 8 heteroatoms. The van der Waals surface area contributed by atoms with Crippen LogP contribution in [-0.4, -0.2) is 39.5 Å². The molecule has 0 unspecified atom stereocenters. The number of nitrogens with one attached hydrogen (secondary N) is 1. The summed E-state index contributed by atoms with van der Waals surface area (Å²) in [6.07, 6.45) is 0. The molecule has 0 atom stereocenters. The number of carboxylic acid groups (broad SMARTS) is 1. The zero-order valence-corrected chi connectivity index (χ0v) is 10.7. The first-order valence-corrected chi connectivity index (χ1v) is 6.47. The smallest absolute Gasteiger partial charge is 0.320 e. The van der Waals surface area contributed by atoms with Gasteiger partial charge < -0.3 is 14.6 Å². The summed E-state index contributed by atoms with van der Waals surface area (Å²) < 4.78 is 34.9. The van der Waals surface area contributed by atoms with E-state index in [1.807, 2.05) is 0 Å². The lowest BCUT2D eigenvalue weighted by Crippen LogP contribution is -2.22. The van der Waals surface area contributed by atoms with Gasteiger partial charge >= 0.3 is 5.97 Å². The molecule has 2 N–H and O–H groups in total. The number of methoxy groups -OCH3 is 2. The number of rotatable bonds is 6. The number of carboxylic acids is 1. The zero-order valence-electron chi connectivity index (χ0n) is 9.84. The van der Waals surface area contributed by atoms with Crippen LogP contribution < -0.4 is 14.2 Å². The van der Waals surface area contributed by atoms with Crippen LogP contribution in [0.5, 0.6) is 11.5 Å². The number of aliphatic carboxylic acids is 1. The average Bonchev–Trinajstić information content (AvgIpc) is 2.25. The lowest BCUT2D eigenvalue weighted by atomic mass is 10.3. The molecule has 7 nitrogen and oxygen atoms in total. The topological polar surface area (TPSA) is 102 Å². The number of anilines is 1. The van der Waals surface area contributed by atoms with Crippen molar-refractivity contribution in [3.8, 4) is 11.5 Å². The molecule has 0 spiro atoms. The van der Waals surface area contributed by atoms with Gasteiger partial charge in [-0.1, -0.05) is 0 Å². The molecule has 0 saturated carbocycles. The third-order valence-corrected chi connectivity index (χ3v) is 3.11. The standard InChI is InChI=1S/C10H13NO6S/c1-16-8-3-7(4-9(5-8)17-2)11-18(14,15)6-10(12)13/h3-5,11H,6H2,1-2H3,(H,12,13). The predicted molar refractivity (Wildman–Crippen MR) is 64.6 cm³/mol. The third-order valence-electron chi connectivity index (χ3n) is 1.94. The quantitative estimate of drug-likeness (QED) is 0.785. The number of hydrogen-bond acceptors (Lipinski definition) is 5. The Labute approximate surface area is 104 Å². The summed E-state index contributed by atoms with van der Waals surface area (Å²) in [4.78, 5) is 10.4. The Morgan fingerprint density at radius 3 is 2.11 bits per heavy atom. The van der Waals surface area contributed by atoms with Crippen LogP contribution in [-0.2, 0) is 14.8 Å². The van der Waals surface area contributed by atoms with Crippen molar-refractivity contribution < 1.29 is 27.8 Å². The molecule has 0 amide bonds. The van der Waals surface area contributed by atoms with Crippen LogP contribution in [0.3, 0.4) is 0 Å². The Balaban J connectivity index is 3.00. The van der Waals surface area contributed by atoms with Gasteiger partial charge in [0, 0.05) is 18.2 Å². The lowest BCUT2D eigenvalue weighted by molar-refractivity contribution is -0.134. The van der Waals surface area contributed by atoms with Crippen LogP contribution in [0.4, 0.5) is 5.69 Å². The molecule has 0 radical (unpaired) electrons. The number of carbonyl (C=O) groups is 1. The average molecular weight is 275 g/mol. The van der Waals surface area contributed by atoms with E-state index in [1.165, 1.54) is 26.4 Å². The van der Waals surface area contributed by atoms with Gasteiger partial charge in [0.05, 0.1) is 19.9 Å². The summed E-state index contributed by atoms with van der Waals surface area (Å²) >= 11 is 0. The first-order valence-electron chi connectivity index (χ1n) is 4.81. The van der Waals surface area contributed by atoms with Gasteiger partial charge in [-0.05, 0) is 0 Å². The maximum absolute atomic E-state index is 11.4. The van der Waals surface area contributed by atoms with E-state index in [9.17, 15) is 13.2 Å². The number of benzene rings is 1. The van der Waals surface area contributed by atoms with Gasteiger partial charge in [0.15, 0.2) is 5.75 Å². The van der Waals surface area contributed by atoms with Crippen LogP contribution in [0.15, 0.2) is 18.2 Å². The van der Waals surface area contributed by atoms with Crippen molar-refractivity contribution in [2.24, 2.45) is 0 Å². The van der Waals surface area contributed by atoms with Gasteiger partial charge in [-0.3, -0.25) is 9.52 Å². The fourth-order valence-electron chi connectivity index (χ4n) is 1.24. The molecule has 0 aliphatic heterocycles.